The summed E-state index contributed by atoms with van der Waals surface area (Å²) in [6, 6.07) is -0.270. The van der Waals surface area contributed by atoms with Crippen molar-refractivity contribution in [1.82, 2.24) is 9.97 Å². The minimum Gasteiger partial charge on any atom is -0.467 e. The van der Waals surface area contributed by atoms with Crippen LogP contribution in [0.2, 0.25) is 0 Å². The lowest BCUT2D eigenvalue weighted by Gasteiger charge is -2.09. The van der Waals surface area contributed by atoms with Gasteiger partial charge in [-0.2, -0.15) is 18.2 Å². The molecule has 0 aliphatic carbocycles. The molecule has 0 aliphatic heterocycles. The average Bonchev–Trinajstić information content (AvgIpc) is 2.15. The largest absolute Gasteiger partial charge is 0.467 e. The normalized spacial score (nSPS) is 11.3. The van der Waals surface area contributed by atoms with Gasteiger partial charge in [0.25, 0.3) is 0 Å². The van der Waals surface area contributed by atoms with Crippen molar-refractivity contribution in [3.8, 4) is 6.01 Å². The van der Waals surface area contributed by atoms with E-state index in [0.29, 0.717) is 6.20 Å². The fraction of sp³-hybridized carbons (Fsp3) is 0.375. The molecule has 0 N–H and O–H groups in total. The maximum atomic E-state index is 12.4. The molecule has 0 fully saturated rings. The monoisotopic (exact) mass is 220 g/mol. The van der Waals surface area contributed by atoms with E-state index in [4.69, 9.17) is 0 Å². The molecule has 0 unspecified atom stereocenters. The van der Waals surface area contributed by atoms with Crippen LogP contribution in [0.25, 0.3) is 0 Å². The lowest BCUT2D eigenvalue weighted by atomic mass is 10.2. The molecule has 0 amide bonds. The predicted octanol–water partition coefficient (Wildman–Crippen LogP) is 1.71. The van der Waals surface area contributed by atoms with Gasteiger partial charge in [-0.25, -0.2) is 4.98 Å². The first-order chi connectivity index (χ1) is 6.86. The highest BCUT2D eigenvalue weighted by Crippen LogP contribution is 2.31. The van der Waals surface area contributed by atoms with Crippen molar-refractivity contribution in [1.29, 1.82) is 0 Å². The molecule has 1 aromatic heterocycles. The number of carbonyl (C=O) groups excluding carboxylic acids is 1. The average molecular weight is 220 g/mol. The Bertz CT molecular complexity index is 390. The highest BCUT2D eigenvalue weighted by molar-refractivity contribution is 5.93. The molecule has 0 aromatic carbocycles. The van der Waals surface area contributed by atoms with Gasteiger partial charge in [0.1, 0.15) is 11.3 Å². The van der Waals surface area contributed by atoms with Crippen LogP contribution in [0.4, 0.5) is 13.2 Å². The van der Waals surface area contributed by atoms with Gasteiger partial charge in [-0.3, -0.25) is 4.79 Å². The van der Waals surface area contributed by atoms with Crippen molar-refractivity contribution < 1.29 is 22.7 Å². The molecule has 7 heteroatoms. The molecule has 0 atom stereocenters. The van der Waals surface area contributed by atoms with Gasteiger partial charge in [-0.05, 0) is 0 Å². The van der Waals surface area contributed by atoms with E-state index in [1.807, 2.05) is 0 Å². The second-order valence-electron chi connectivity index (χ2n) is 2.67. The zero-order valence-corrected chi connectivity index (χ0v) is 7.92. The number of ether oxygens (including phenoxy) is 1. The van der Waals surface area contributed by atoms with Gasteiger partial charge in [0.2, 0.25) is 0 Å². The summed E-state index contributed by atoms with van der Waals surface area (Å²) in [6.45, 7) is 0.997. The minimum absolute atomic E-state index is 0.270. The Kier molecular flexibility index (Phi) is 2.92. The van der Waals surface area contributed by atoms with Crippen LogP contribution >= 0.6 is 0 Å². The summed E-state index contributed by atoms with van der Waals surface area (Å²) < 4.78 is 41.6. The number of nitrogens with zero attached hydrogens (tertiary/aromatic N) is 2. The first-order valence-electron chi connectivity index (χ1n) is 3.85. The molecule has 82 valence electrons. The van der Waals surface area contributed by atoms with Gasteiger partial charge in [-0.15, -0.1) is 0 Å². The molecule has 1 aromatic rings. The van der Waals surface area contributed by atoms with Crippen molar-refractivity contribution in [2.45, 2.75) is 13.1 Å². The number of rotatable bonds is 2. The molecule has 1 heterocycles. The molecule has 0 spiro atoms. The van der Waals surface area contributed by atoms with Gasteiger partial charge in [0, 0.05) is 13.1 Å². The number of aromatic nitrogens is 2. The van der Waals surface area contributed by atoms with Crippen molar-refractivity contribution in [2.24, 2.45) is 0 Å². The number of Topliss-reactive ketones (excluding diaryl/α,β-unsaturated/α-hetero) is 1. The number of carbonyl (C=O) groups is 1. The van der Waals surface area contributed by atoms with E-state index in [1.54, 1.807) is 0 Å². The lowest BCUT2D eigenvalue weighted by Crippen LogP contribution is -2.15. The first-order valence-corrected chi connectivity index (χ1v) is 3.85. The van der Waals surface area contributed by atoms with Gasteiger partial charge < -0.3 is 4.74 Å². The molecule has 4 nitrogen and oxygen atoms in total. The fourth-order valence-electron chi connectivity index (χ4n) is 0.940. The van der Waals surface area contributed by atoms with E-state index in [9.17, 15) is 18.0 Å². The third-order valence-corrected chi connectivity index (χ3v) is 1.59. The number of methoxy groups -OCH3 is 1. The molecule has 0 saturated carbocycles. The summed E-state index contributed by atoms with van der Waals surface area (Å²) in [4.78, 5) is 17.6. The van der Waals surface area contributed by atoms with Crippen molar-refractivity contribution >= 4 is 5.78 Å². The number of alkyl halides is 3. The maximum Gasteiger partial charge on any atom is 0.420 e. The van der Waals surface area contributed by atoms with Gasteiger partial charge in [0.15, 0.2) is 5.78 Å². The third kappa shape index (κ3) is 2.42. The van der Waals surface area contributed by atoms with E-state index >= 15 is 0 Å². The molecule has 0 saturated heterocycles. The second-order valence-corrected chi connectivity index (χ2v) is 2.67. The van der Waals surface area contributed by atoms with Crippen LogP contribution in [0.3, 0.4) is 0 Å². The van der Waals surface area contributed by atoms with Crippen LogP contribution in [-0.4, -0.2) is 22.9 Å². The summed E-state index contributed by atoms with van der Waals surface area (Å²) in [5.41, 5.74) is -1.84. The number of hydrogen-bond donors (Lipinski definition) is 0. The summed E-state index contributed by atoms with van der Waals surface area (Å²) in [6.07, 6.45) is -4.12. The van der Waals surface area contributed by atoms with E-state index in [-0.39, 0.29) is 6.01 Å². The topological polar surface area (TPSA) is 52.1 Å². The van der Waals surface area contributed by atoms with Crippen LogP contribution < -0.4 is 4.74 Å². The quantitative estimate of drug-likeness (QED) is 0.712. The second kappa shape index (κ2) is 3.84. The Morgan fingerprint density at radius 3 is 2.47 bits per heavy atom. The van der Waals surface area contributed by atoms with Crippen LogP contribution in [0, 0.1) is 0 Å². The first kappa shape index (κ1) is 11.4. The van der Waals surface area contributed by atoms with Crippen molar-refractivity contribution in [3.63, 3.8) is 0 Å². The molecule has 0 radical (unpaired) electrons. The van der Waals surface area contributed by atoms with Crippen molar-refractivity contribution in [2.75, 3.05) is 7.11 Å². The molecular weight excluding hydrogens is 213 g/mol. The standard InChI is InChI=1S/C8H7F3N2O2/c1-4(14)6-5(8(9,10)11)3-12-7(13-6)15-2/h3H,1-2H3. The van der Waals surface area contributed by atoms with Crippen molar-refractivity contribution in [3.05, 3.63) is 17.5 Å². The molecule has 0 aliphatic rings. The molecule has 1 rings (SSSR count). The molecule has 15 heavy (non-hydrogen) atoms. The van der Waals surface area contributed by atoms with Gasteiger partial charge in [-0.1, -0.05) is 0 Å². The van der Waals surface area contributed by atoms with Crippen LogP contribution in [0.5, 0.6) is 6.01 Å². The highest BCUT2D eigenvalue weighted by Gasteiger charge is 2.36. The summed E-state index contributed by atoms with van der Waals surface area (Å²) in [7, 11) is 1.20. The molecule has 0 bridgehead atoms. The number of halogens is 3. The van der Waals surface area contributed by atoms with Crippen LogP contribution in [0.15, 0.2) is 6.20 Å². The Labute approximate surface area is 83.1 Å². The summed E-state index contributed by atoms with van der Waals surface area (Å²) in [5, 5.41) is 0. The smallest absolute Gasteiger partial charge is 0.420 e. The lowest BCUT2D eigenvalue weighted by molar-refractivity contribution is -0.138. The van der Waals surface area contributed by atoms with E-state index in [1.165, 1.54) is 7.11 Å². The van der Waals surface area contributed by atoms with Gasteiger partial charge >= 0.3 is 12.2 Å². The van der Waals surface area contributed by atoms with Crippen LogP contribution in [0.1, 0.15) is 23.0 Å². The zero-order valence-electron chi connectivity index (χ0n) is 7.92. The minimum atomic E-state index is -4.65. The number of ketones is 1. The third-order valence-electron chi connectivity index (χ3n) is 1.59. The van der Waals surface area contributed by atoms with E-state index in [0.717, 1.165) is 6.92 Å². The van der Waals surface area contributed by atoms with Gasteiger partial charge in [0.05, 0.1) is 7.11 Å². The Balaban J connectivity index is 3.34. The zero-order chi connectivity index (χ0) is 11.6. The van der Waals surface area contributed by atoms with Crippen LogP contribution in [-0.2, 0) is 6.18 Å². The summed E-state index contributed by atoms with van der Waals surface area (Å²) in [5.74, 6) is -0.789. The molecular formula is C8H7F3N2O2. The Morgan fingerprint density at radius 1 is 1.47 bits per heavy atom. The Hall–Kier alpha value is -1.66. The Morgan fingerprint density at radius 2 is 2.07 bits per heavy atom. The fourth-order valence-corrected chi connectivity index (χ4v) is 0.940. The maximum absolute atomic E-state index is 12.4. The predicted molar refractivity (Wildman–Crippen MR) is 43.6 cm³/mol. The van der Waals surface area contributed by atoms with E-state index < -0.39 is 23.2 Å². The van der Waals surface area contributed by atoms with E-state index in [2.05, 4.69) is 14.7 Å². The summed E-state index contributed by atoms with van der Waals surface area (Å²) >= 11 is 0. The number of hydrogen-bond acceptors (Lipinski definition) is 4. The highest BCUT2D eigenvalue weighted by atomic mass is 19.4. The SMILES string of the molecule is COc1ncc(C(F)(F)F)c(C(C)=O)n1.